The number of benzene rings is 1. The Morgan fingerprint density at radius 2 is 2.04 bits per heavy atom. The fourth-order valence-electron chi connectivity index (χ4n) is 3.14. The van der Waals surface area contributed by atoms with Crippen molar-refractivity contribution in [1.29, 1.82) is 0 Å². The van der Waals surface area contributed by atoms with E-state index in [-0.39, 0.29) is 24.4 Å². The highest BCUT2D eigenvalue weighted by Gasteiger charge is 2.36. The number of rotatable bonds is 5. The van der Waals surface area contributed by atoms with Gasteiger partial charge in [-0.25, -0.2) is 0 Å². The maximum absolute atomic E-state index is 12.5. The van der Waals surface area contributed by atoms with Crippen molar-refractivity contribution in [3.05, 3.63) is 29.3 Å². The van der Waals surface area contributed by atoms with Crippen molar-refractivity contribution < 1.29 is 17.9 Å². The Morgan fingerprint density at radius 1 is 1.24 bits per heavy atom. The second-order valence-electron chi connectivity index (χ2n) is 6.82. The molecule has 0 aromatic heterocycles. The predicted octanol–water partition coefficient (Wildman–Crippen LogP) is 1.19. The van der Waals surface area contributed by atoms with Gasteiger partial charge < -0.3 is 10.1 Å². The quantitative estimate of drug-likeness (QED) is 0.818. The minimum Gasteiger partial charge on any atom is -0.380 e. The van der Waals surface area contributed by atoms with Crippen LogP contribution >= 0.6 is 0 Å². The number of nitrogens with one attached hydrogen (secondary N) is 2. The first-order valence-corrected chi connectivity index (χ1v) is 10.0. The summed E-state index contributed by atoms with van der Waals surface area (Å²) in [7, 11) is -3.57. The Morgan fingerprint density at radius 3 is 2.72 bits per heavy atom. The number of ether oxygens (including phenoxy) is 1. The number of aryl methyl sites for hydroxylation is 2. The van der Waals surface area contributed by atoms with E-state index in [9.17, 15) is 13.2 Å². The highest BCUT2D eigenvalue weighted by Crippen LogP contribution is 2.22. The first-order chi connectivity index (χ1) is 11.8. The fourth-order valence-corrected chi connectivity index (χ4v) is 4.61. The summed E-state index contributed by atoms with van der Waals surface area (Å²) in [6, 6.07) is 5.58. The van der Waals surface area contributed by atoms with Gasteiger partial charge in [0.15, 0.2) is 0 Å². The molecule has 138 valence electrons. The van der Waals surface area contributed by atoms with Crippen LogP contribution in [0, 0.1) is 19.8 Å². The molecule has 0 aliphatic carbocycles. The van der Waals surface area contributed by atoms with E-state index in [0.29, 0.717) is 32.6 Å². The van der Waals surface area contributed by atoms with Crippen molar-refractivity contribution in [2.24, 2.45) is 5.92 Å². The molecule has 1 aromatic carbocycles. The third kappa shape index (κ3) is 4.38. The number of carbonyl (C=O) groups is 1. The minimum atomic E-state index is -3.57. The van der Waals surface area contributed by atoms with Crippen LogP contribution in [0.4, 0.5) is 5.69 Å². The summed E-state index contributed by atoms with van der Waals surface area (Å²) in [4.78, 5) is 12.5. The molecule has 0 bridgehead atoms. The van der Waals surface area contributed by atoms with Crippen molar-refractivity contribution in [3.8, 4) is 0 Å². The lowest BCUT2D eigenvalue weighted by Crippen LogP contribution is -2.45. The van der Waals surface area contributed by atoms with Gasteiger partial charge in [-0.3, -0.25) is 4.79 Å². The molecule has 1 amide bonds. The van der Waals surface area contributed by atoms with Gasteiger partial charge in [-0.05, 0) is 49.9 Å². The van der Waals surface area contributed by atoms with E-state index >= 15 is 0 Å². The predicted molar refractivity (Wildman–Crippen MR) is 95.5 cm³/mol. The molecule has 2 unspecified atom stereocenters. The van der Waals surface area contributed by atoms with Gasteiger partial charge in [-0.1, -0.05) is 6.07 Å². The average Bonchev–Trinajstić information content (AvgIpc) is 3.22. The normalized spacial score (nSPS) is 24.6. The lowest BCUT2D eigenvalue weighted by atomic mass is 10.1. The third-order valence-corrected chi connectivity index (χ3v) is 6.52. The summed E-state index contributed by atoms with van der Waals surface area (Å²) >= 11 is 0. The van der Waals surface area contributed by atoms with Crippen molar-refractivity contribution in [2.45, 2.75) is 32.7 Å². The summed E-state index contributed by atoms with van der Waals surface area (Å²) in [5.74, 6) is -0.469. The Labute approximate surface area is 148 Å². The van der Waals surface area contributed by atoms with Crippen LogP contribution in [0.5, 0.6) is 0 Å². The fraction of sp³-hybridized carbons (Fsp3) is 0.588. The smallest absolute Gasteiger partial charge is 0.279 e. The molecule has 2 saturated heterocycles. The summed E-state index contributed by atoms with van der Waals surface area (Å²) in [5, 5.41) is 2.90. The van der Waals surface area contributed by atoms with Crippen LogP contribution < -0.4 is 10.0 Å². The van der Waals surface area contributed by atoms with Crippen molar-refractivity contribution >= 4 is 21.8 Å². The lowest BCUT2D eigenvalue weighted by Gasteiger charge is -2.19. The van der Waals surface area contributed by atoms with Gasteiger partial charge in [0.25, 0.3) is 10.2 Å². The van der Waals surface area contributed by atoms with Crippen LogP contribution in [0.15, 0.2) is 18.2 Å². The molecule has 2 fully saturated rings. The number of hydrogen-bond acceptors (Lipinski definition) is 4. The molecule has 7 nitrogen and oxygen atoms in total. The second kappa shape index (κ2) is 7.41. The molecule has 0 saturated carbocycles. The number of carbonyl (C=O) groups excluding carboxylic acids is 1. The number of amides is 1. The Hall–Kier alpha value is -1.48. The third-order valence-electron chi connectivity index (χ3n) is 4.88. The molecule has 1 aromatic rings. The first-order valence-electron chi connectivity index (χ1n) is 8.58. The van der Waals surface area contributed by atoms with Crippen molar-refractivity contribution in [3.63, 3.8) is 0 Å². The van der Waals surface area contributed by atoms with Crippen molar-refractivity contribution in [2.75, 3.05) is 31.6 Å². The van der Waals surface area contributed by atoms with Crippen LogP contribution in [0.2, 0.25) is 0 Å². The molecule has 2 aliphatic heterocycles. The maximum Gasteiger partial charge on any atom is 0.279 e. The zero-order valence-corrected chi connectivity index (χ0v) is 15.4. The van der Waals surface area contributed by atoms with E-state index < -0.39 is 10.2 Å². The average molecular weight is 367 g/mol. The van der Waals surface area contributed by atoms with E-state index in [1.807, 2.05) is 32.0 Å². The van der Waals surface area contributed by atoms with Gasteiger partial charge in [0, 0.05) is 31.4 Å². The largest absolute Gasteiger partial charge is 0.380 e. The summed E-state index contributed by atoms with van der Waals surface area (Å²) < 4.78 is 34.1. The molecule has 8 heteroatoms. The summed E-state index contributed by atoms with van der Waals surface area (Å²) in [5.41, 5.74) is 3.02. The Bertz CT molecular complexity index is 744. The highest BCUT2D eigenvalue weighted by molar-refractivity contribution is 7.87. The topological polar surface area (TPSA) is 87.7 Å². The van der Waals surface area contributed by atoms with E-state index in [1.165, 1.54) is 4.31 Å². The van der Waals surface area contributed by atoms with E-state index in [0.717, 1.165) is 16.8 Å². The molecule has 0 spiro atoms. The minimum absolute atomic E-state index is 0.134. The summed E-state index contributed by atoms with van der Waals surface area (Å²) in [6.45, 7) is 5.56. The zero-order chi connectivity index (χ0) is 18.0. The Kier molecular flexibility index (Phi) is 5.43. The molecular formula is C17H25N3O4S. The van der Waals surface area contributed by atoms with Crippen molar-refractivity contribution in [1.82, 2.24) is 9.03 Å². The van der Waals surface area contributed by atoms with Gasteiger partial charge in [-0.2, -0.15) is 17.4 Å². The van der Waals surface area contributed by atoms with Crippen LogP contribution in [0.25, 0.3) is 0 Å². The molecular weight excluding hydrogens is 342 g/mol. The SMILES string of the molecule is Cc1ccc(NC(=O)C2CCN(S(=O)(=O)NC3CCOC3)C2)cc1C. The molecule has 0 radical (unpaired) electrons. The molecule has 25 heavy (non-hydrogen) atoms. The van der Waals surface area contributed by atoms with E-state index in [4.69, 9.17) is 4.74 Å². The van der Waals surface area contributed by atoms with Gasteiger partial charge in [-0.15, -0.1) is 0 Å². The van der Waals surface area contributed by atoms with Gasteiger partial charge in [0.1, 0.15) is 0 Å². The highest BCUT2D eigenvalue weighted by atomic mass is 32.2. The maximum atomic E-state index is 12.5. The van der Waals surface area contributed by atoms with Gasteiger partial charge in [0.2, 0.25) is 5.91 Å². The monoisotopic (exact) mass is 367 g/mol. The van der Waals surface area contributed by atoms with Crippen LogP contribution in [0.3, 0.4) is 0 Å². The second-order valence-corrected chi connectivity index (χ2v) is 8.52. The molecule has 2 atom stereocenters. The molecule has 2 heterocycles. The van der Waals surface area contributed by atoms with Gasteiger partial charge >= 0.3 is 0 Å². The summed E-state index contributed by atoms with van der Waals surface area (Å²) in [6.07, 6.45) is 1.21. The van der Waals surface area contributed by atoms with Gasteiger partial charge in [0.05, 0.1) is 12.5 Å². The lowest BCUT2D eigenvalue weighted by molar-refractivity contribution is -0.119. The number of hydrogen-bond donors (Lipinski definition) is 2. The van der Waals surface area contributed by atoms with Crippen LogP contribution in [-0.2, 0) is 19.7 Å². The Balaban J connectivity index is 1.57. The van der Waals surface area contributed by atoms with Crippen LogP contribution in [0.1, 0.15) is 24.0 Å². The van der Waals surface area contributed by atoms with E-state index in [1.54, 1.807) is 0 Å². The molecule has 2 N–H and O–H groups in total. The standard InChI is InChI=1S/C17H25N3O4S/c1-12-3-4-15(9-13(12)2)18-17(21)14-5-7-20(10-14)25(22,23)19-16-6-8-24-11-16/h3-4,9,14,16,19H,5-8,10-11H2,1-2H3,(H,18,21). The van der Waals surface area contributed by atoms with E-state index in [2.05, 4.69) is 10.0 Å². The molecule has 2 aliphatic rings. The van der Waals surface area contributed by atoms with Crippen LogP contribution in [-0.4, -0.2) is 51.0 Å². The first kappa shape index (κ1) is 18.3. The number of nitrogens with zero attached hydrogens (tertiary/aromatic N) is 1. The number of anilines is 1. The zero-order valence-electron chi connectivity index (χ0n) is 14.6. The molecule has 3 rings (SSSR count).